The molecule has 0 aromatic heterocycles. The Morgan fingerprint density at radius 2 is 1.84 bits per heavy atom. The first-order chi connectivity index (χ1) is 9.08. The van der Waals surface area contributed by atoms with Gasteiger partial charge in [0.05, 0.1) is 6.10 Å². The molecule has 1 fully saturated rings. The molecule has 19 heavy (non-hydrogen) atoms. The fraction of sp³-hybridized carbons (Fsp3) is 0.625. The van der Waals surface area contributed by atoms with Gasteiger partial charge < -0.3 is 4.74 Å². The lowest BCUT2D eigenvalue weighted by atomic mass is 9.82. The highest BCUT2D eigenvalue weighted by molar-refractivity contribution is 5.23. The van der Waals surface area contributed by atoms with Crippen LogP contribution < -0.4 is 0 Å². The third kappa shape index (κ3) is 3.75. The van der Waals surface area contributed by atoms with Gasteiger partial charge in [-0.2, -0.15) is 0 Å². The molecule has 0 bridgehead atoms. The first-order valence-electron chi connectivity index (χ1n) is 7.13. The quantitative estimate of drug-likeness (QED) is 0.771. The van der Waals surface area contributed by atoms with Crippen LogP contribution in [0.2, 0.25) is 0 Å². The van der Waals surface area contributed by atoms with E-state index in [0.29, 0.717) is 11.5 Å². The van der Waals surface area contributed by atoms with Crippen LogP contribution in [0.3, 0.4) is 0 Å². The summed E-state index contributed by atoms with van der Waals surface area (Å²) >= 11 is 0. The van der Waals surface area contributed by atoms with Gasteiger partial charge in [-0.25, -0.2) is 8.78 Å². The lowest BCUT2D eigenvalue weighted by Gasteiger charge is -2.29. The van der Waals surface area contributed by atoms with Crippen LogP contribution >= 0.6 is 0 Å². The molecule has 0 radical (unpaired) electrons. The average Bonchev–Trinajstić information content (AvgIpc) is 2.40. The minimum absolute atomic E-state index is 0.134. The second kappa shape index (κ2) is 6.47. The molecule has 0 saturated heterocycles. The molecule has 1 saturated carbocycles. The van der Waals surface area contributed by atoms with Crippen molar-refractivity contribution in [3.63, 3.8) is 0 Å². The van der Waals surface area contributed by atoms with Crippen LogP contribution in [0.4, 0.5) is 8.78 Å². The van der Waals surface area contributed by atoms with Gasteiger partial charge >= 0.3 is 0 Å². The average molecular weight is 268 g/mol. The van der Waals surface area contributed by atoms with Gasteiger partial charge in [0.1, 0.15) is 0 Å². The zero-order valence-electron chi connectivity index (χ0n) is 11.7. The molecule has 106 valence electrons. The largest absolute Gasteiger partial charge is 0.378 e. The van der Waals surface area contributed by atoms with Crippen LogP contribution in [0.5, 0.6) is 0 Å². The Labute approximate surface area is 114 Å². The Hall–Kier alpha value is -0.960. The van der Waals surface area contributed by atoms with E-state index in [2.05, 4.69) is 13.8 Å². The van der Waals surface area contributed by atoms with Gasteiger partial charge in [0.15, 0.2) is 11.6 Å². The van der Waals surface area contributed by atoms with E-state index in [9.17, 15) is 8.78 Å². The third-order valence-corrected chi connectivity index (χ3v) is 3.76. The van der Waals surface area contributed by atoms with Crippen LogP contribution in [0, 0.1) is 17.6 Å². The number of halogens is 2. The molecule has 0 spiro atoms. The predicted molar refractivity (Wildman–Crippen MR) is 72.1 cm³/mol. The Balaban J connectivity index is 1.91. The molecule has 3 heteroatoms. The SMILES string of the molecule is CC(C)COC1CCC(c2cccc(F)c2F)CC1. The maximum Gasteiger partial charge on any atom is 0.162 e. The summed E-state index contributed by atoms with van der Waals surface area (Å²) in [7, 11) is 0. The molecule has 1 aromatic rings. The molecule has 1 aromatic carbocycles. The molecule has 0 N–H and O–H groups in total. The summed E-state index contributed by atoms with van der Waals surface area (Å²) in [4.78, 5) is 0. The van der Waals surface area contributed by atoms with Crippen molar-refractivity contribution in [1.29, 1.82) is 0 Å². The van der Waals surface area contributed by atoms with Crippen molar-refractivity contribution in [1.82, 2.24) is 0 Å². The van der Waals surface area contributed by atoms with Crippen LogP contribution in [0.15, 0.2) is 18.2 Å². The van der Waals surface area contributed by atoms with Crippen LogP contribution in [0.25, 0.3) is 0 Å². The third-order valence-electron chi connectivity index (χ3n) is 3.76. The van der Waals surface area contributed by atoms with E-state index in [1.165, 1.54) is 6.07 Å². The fourth-order valence-electron chi connectivity index (χ4n) is 2.70. The van der Waals surface area contributed by atoms with E-state index >= 15 is 0 Å². The smallest absolute Gasteiger partial charge is 0.162 e. The van der Waals surface area contributed by atoms with E-state index in [1.807, 2.05) is 0 Å². The van der Waals surface area contributed by atoms with Crippen molar-refractivity contribution in [2.75, 3.05) is 6.61 Å². The van der Waals surface area contributed by atoms with Crippen molar-refractivity contribution in [3.8, 4) is 0 Å². The fourth-order valence-corrected chi connectivity index (χ4v) is 2.70. The van der Waals surface area contributed by atoms with E-state index in [1.54, 1.807) is 12.1 Å². The zero-order valence-corrected chi connectivity index (χ0v) is 11.7. The summed E-state index contributed by atoms with van der Waals surface area (Å²) in [6, 6.07) is 4.48. The Morgan fingerprint density at radius 3 is 2.47 bits per heavy atom. The van der Waals surface area contributed by atoms with Crippen LogP contribution in [-0.4, -0.2) is 12.7 Å². The van der Waals surface area contributed by atoms with Gasteiger partial charge in [-0.1, -0.05) is 26.0 Å². The number of ether oxygens (including phenoxy) is 1. The molecular formula is C16H22F2O. The van der Waals surface area contributed by atoms with Crippen LogP contribution in [-0.2, 0) is 4.74 Å². The molecule has 0 amide bonds. The van der Waals surface area contributed by atoms with E-state index in [0.717, 1.165) is 32.3 Å². The number of hydrogen-bond donors (Lipinski definition) is 0. The summed E-state index contributed by atoms with van der Waals surface area (Å²) in [5.74, 6) is -0.738. The van der Waals surface area contributed by atoms with Gasteiger partial charge in [0, 0.05) is 6.61 Å². The van der Waals surface area contributed by atoms with Crippen molar-refractivity contribution >= 4 is 0 Å². The van der Waals surface area contributed by atoms with Gasteiger partial charge in [0.25, 0.3) is 0 Å². The second-order valence-electron chi connectivity index (χ2n) is 5.84. The number of rotatable bonds is 4. The summed E-state index contributed by atoms with van der Waals surface area (Å²) < 4.78 is 32.8. The van der Waals surface area contributed by atoms with Gasteiger partial charge in [0.2, 0.25) is 0 Å². The molecule has 0 unspecified atom stereocenters. The standard InChI is InChI=1S/C16H22F2O/c1-11(2)10-19-13-8-6-12(7-9-13)14-4-3-5-15(17)16(14)18/h3-5,11-13H,6-10H2,1-2H3. The normalized spacial score (nSPS) is 23.8. The zero-order chi connectivity index (χ0) is 13.8. The Morgan fingerprint density at radius 1 is 1.16 bits per heavy atom. The maximum atomic E-state index is 13.7. The molecule has 1 aliphatic rings. The van der Waals surface area contributed by atoms with Crippen LogP contribution in [0.1, 0.15) is 51.0 Å². The molecule has 2 rings (SSSR count). The topological polar surface area (TPSA) is 9.23 Å². The minimum atomic E-state index is -0.740. The Kier molecular flexibility index (Phi) is 4.92. The van der Waals surface area contributed by atoms with Crippen molar-refractivity contribution in [3.05, 3.63) is 35.4 Å². The van der Waals surface area contributed by atoms with Gasteiger partial charge in [-0.3, -0.25) is 0 Å². The Bertz CT molecular complexity index is 409. The van der Waals surface area contributed by atoms with Crippen molar-refractivity contribution < 1.29 is 13.5 Å². The molecule has 1 nitrogen and oxygen atoms in total. The maximum absolute atomic E-state index is 13.7. The summed E-state index contributed by atoms with van der Waals surface area (Å²) in [5, 5.41) is 0. The molecular weight excluding hydrogens is 246 g/mol. The summed E-state index contributed by atoms with van der Waals surface area (Å²) in [6.07, 6.45) is 3.92. The molecule has 0 atom stereocenters. The summed E-state index contributed by atoms with van der Waals surface area (Å²) in [5.41, 5.74) is 0.530. The minimum Gasteiger partial charge on any atom is -0.378 e. The first kappa shape index (κ1) is 14.4. The highest BCUT2D eigenvalue weighted by atomic mass is 19.2. The lowest BCUT2D eigenvalue weighted by molar-refractivity contribution is 0.0102. The van der Waals surface area contributed by atoms with E-state index < -0.39 is 11.6 Å². The first-order valence-corrected chi connectivity index (χ1v) is 7.13. The monoisotopic (exact) mass is 268 g/mol. The number of hydrogen-bond acceptors (Lipinski definition) is 1. The van der Waals surface area contributed by atoms with Crippen molar-refractivity contribution in [2.24, 2.45) is 5.92 Å². The van der Waals surface area contributed by atoms with Crippen molar-refractivity contribution in [2.45, 2.75) is 51.6 Å². The summed E-state index contributed by atoms with van der Waals surface area (Å²) in [6.45, 7) is 5.05. The lowest BCUT2D eigenvalue weighted by Crippen LogP contribution is -2.23. The highest BCUT2D eigenvalue weighted by Gasteiger charge is 2.25. The highest BCUT2D eigenvalue weighted by Crippen LogP contribution is 2.35. The molecule has 0 heterocycles. The molecule has 1 aliphatic carbocycles. The number of benzene rings is 1. The van der Waals surface area contributed by atoms with Gasteiger partial charge in [-0.05, 0) is 49.1 Å². The van der Waals surface area contributed by atoms with E-state index in [4.69, 9.17) is 4.74 Å². The molecule has 0 aliphatic heterocycles. The second-order valence-corrected chi connectivity index (χ2v) is 5.84. The van der Waals surface area contributed by atoms with Gasteiger partial charge in [-0.15, -0.1) is 0 Å². The van der Waals surface area contributed by atoms with E-state index in [-0.39, 0.29) is 12.0 Å². The predicted octanol–water partition coefficient (Wildman–Crippen LogP) is 4.66.